The second kappa shape index (κ2) is 7.37. The zero-order valence-corrected chi connectivity index (χ0v) is 13.8. The highest BCUT2D eigenvalue weighted by atomic mass is 16.3. The van der Waals surface area contributed by atoms with Crippen LogP contribution in [0.25, 0.3) is 0 Å². The van der Waals surface area contributed by atoms with Crippen molar-refractivity contribution in [2.45, 2.75) is 32.6 Å². The number of hydrogen-bond donors (Lipinski definition) is 3. The van der Waals surface area contributed by atoms with Crippen molar-refractivity contribution < 1.29 is 9.90 Å². The molecule has 0 aliphatic carbocycles. The molecule has 2 rings (SSSR count). The standard InChI is InChI=1S/C17H24N4O2/c1-17(2,3)15-9-14(20-21-15)16(23)19-10-12(11-22)8-13-6-4-5-7-18-13/h4-7,9,12,22H,8,10-11H2,1-3H3,(H,19,23)(H,20,21). The van der Waals surface area contributed by atoms with Gasteiger partial charge in [0.1, 0.15) is 5.69 Å². The zero-order chi connectivity index (χ0) is 16.9. The molecule has 0 bridgehead atoms. The van der Waals surface area contributed by atoms with Crippen LogP contribution in [0.2, 0.25) is 0 Å². The van der Waals surface area contributed by atoms with Crippen molar-refractivity contribution in [2.24, 2.45) is 5.92 Å². The molecule has 1 unspecified atom stereocenters. The number of aromatic amines is 1. The molecule has 0 fully saturated rings. The first-order chi connectivity index (χ1) is 10.9. The van der Waals surface area contributed by atoms with Gasteiger partial charge in [0, 0.05) is 42.1 Å². The van der Waals surface area contributed by atoms with Gasteiger partial charge < -0.3 is 10.4 Å². The maximum Gasteiger partial charge on any atom is 0.271 e. The lowest BCUT2D eigenvalue weighted by Crippen LogP contribution is -2.32. The number of nitrogens with one attached hydrogen (secondary N) is 2. The summed E-state index contributed by atoms with van der Waals surface area (Å²) in [6, 6.07) is 7.44. The van der Waals surface area contributed by atoms with Crippen LogP contribution in [0.5, 0.6) is 0 Å². The summed E-state index contributed by atoms with van der Waals surface area (Å²) in [5.41, 5.74) is 2.09. The molecule has 1 atom stereocenters. The molecule has 0 spiro atoms. The van der Waals surface area contributed by atoms with E-state index in [0.717, 1.165) is 11.4 Å². The third-order valence-corrected chi connectivity index (χ3v) is 3.65. The monoisotopic (exact) mass is 316 g/mol. The van der Waals surface area contributed by atoms with Gasteiger partial charge >= 0.3 is 0 Å². The summed E-state index contributed by atoms with van der Waals surface area (Å²) < 4.78 is 0. The Morgan fingerprint density at radius 2 is 2.17 bits per heavy atom. The molecule has 2 aromatic rings. The quantitative estimate of drug-likeness (QED) is 0.756. The summed E-state index contributed by atoms with van der Waals surface area (Å²) >= 11 is 0. The summed E-state index contributed by atoms with van der Waals surface area (Å²) in [5, 5.41) is 19.3. The Morgan fingerprint density at radius 1 is 1.39 bits per heavy atom. The van der Waals surface area contributed by atoms with E-state index in [1.165, 1.54) is 0 Å². The molecule has 1 amide bonds. The van der Waals surface area contributed by atoms with Crippen LogP contribution in [0.15, 0.2) is 30.5 Å². The number of carbonyl (C=O) groups is 1. The number of aromatic nitrogens is 3. The van der Waals surface area contributed by atoms with Crippen molar-refractivity contribution in [1.82, 2.24) is 20.5 Å². The highest BCUT2D eigenvalue weighted by Gasteiger charge is 2.20. The third-order valence-electron chi connectivity index (χ3n) is 3.65. The van der Waals surface area contributed by atoms with Crippen molar-refractivity contribution in [3.05, 3.63) is 47.5 Å². The first kappa shape index (κ1) is 17.1. The van der Waals surface area contributed by atoms with Gasteiger partial charge in [-0.15, -0.1) is 0 Å². The van der Waals surface area contributed by atoms with E-state index in [2.05, 4.69) is 41.3 Å². The van der Waals surface area contributed by atoms with Gasteiger partial charge in [0.25, 0.3) is 5.91 Å². The van der Waals surface area contributed by atoms with Gasteiger partial charge in [0.05, 0.1) is 0 Å². The Balaban J connectivity index is 1.91. The van der Waals surface area contributed by atoms with Crippen LogP contribution in [0.3, 0.4) is 0 Å². The Kier molecular flexibility index (Phi) is 5.50. The SMILES string of the molecule is CC(C)(C)c1cc(C(=O)NCC(CO)Cc2ccccn2)n[nH]1. The summed E-state index contributed by atoms with van der Waals surface area (Å²) in [5.74, 6) is -0.314. The lowest BCUT2D eigenvalue weighted by molar-refractivity contribution is 0.0934. The van der Waals surface area contributed by atoms with Gasteiger partial charge in [-0.25, -0.2) is 0 Å². The lowest BCUT2D eigenvalue weighted by Gasteiger charge is -2.15. The van der Waals surface area contributed by atoms with E-state index in [1.54, 1.807) is 12.3 Å². The van der Waals surface area contributed by atoms with Gasteiger partial charge in [-0.05, 0) is 24.6 Å². The van der Waals surface area contributed by atoms with E-state index in [9.17, 15) is 9.90 Å². The smallest absolute Gasteiger partial charge is 0.271 e. The topological polar surface area (TPSA) is 90.9 Å². The minimum Gasteiger partial charge on any atom is -0.396 e. The van der Waals surface area contributed by atoms with Crippen LogP contribution in [0, 0.1) is 5.92 Å². The molecule has 124 valence electrons. The van der Waals surface area contributed by atoms with E-state index in [4.69, 9.17) is 0 Å². The predicted octanol–water partition coefficient (Wildman–Crippen LogP) is 1.68. The maximum absolute atomic E-state index is 12.2. The highest BCUT2D eigenvalue weighted by molar-refractivity contribution is 5.92. The fourth-order valence-electron chi connectivity index (χ4n) is 2.17. The average molecular weight is 316 g/mol. The molecule has 0 saturated carbocycles. The third kappa shape index (κ3) is 4.89. The van der Waals surface area contributed by atoms with Gasteiger partial charge in [-0.3, -0.25) is 14.9 Å². The second-order valence-electron chi connectivity index (χ2n) is 6.70. The Hall–Kier alpha value is -2.21. The van der Waals surface area contributed by atoms with Gasteiger partial charge in [0.2, 0.25) is 0 Å². The molecule has 0 saturated heterocycles. The molecule has 0 aliphatic heterocycles. The maximum atomic E-state index is 12.2. The molecule has 6 nitrogen and oxygen atoms in total. The normalized spacial score (nSPS) is 12.9. The molecule has 2 heterocycles. The number of hydrogen-bond acceptors (Lipinski definition) is 4. The van der Waals surface area contributed by atoms with E-state index in [1.807, 2.05) is 18.2 Å². The van der Waals surface area contributed by atoms with E-state index in [-0.39, 0.29) is 23.8 Å². The zero-order valence-electron chi connectivity index (χ0n) is 13.8. The number of H-pyrrole nitrogens is 1. The van der Waals surface area contributed by atoms with Crippen molar-refractivity contribution in [1.29, 1.82) is 0 Å². The van der Waals surface area contributed by atoms with Crippen LogP contribution in [0.4, 0.5) is 0 Å². The summed E-state index contributed by atoms with van der Waals surface area (Å²) in [6.07, 6.45) is 2.34. The summed E-state index contributed by atoms with van der Waals surface area (Å²) in [7, 11) is 0. The van der Waals surface area contributed by atoms with Gasteiger partial charge in [-0.1, -0.05) is 26.8 Å². The molecule has 3 N–H and O–H groups in total. The number of carbonyl (C=O) groups excluding carboxylic acids is 1. The molecule has 0 radical (unpaired) electrons. The molecular formula is C17H24N4O2. The fraction of sp³-hybridized carbons (Fsp3) is 0.471. The van der Waals surface area contributed by atoms with Crippen LogP contribution in [0.1, 0.15) is 42.6 Å². The van der Waals surface area contributed by atoms with Crippen LogP contribution < -0.4 is 5.32 Å². The minimum absolute atomic E-state index is 0.00927. The molecule has 23 heavy (non-hydrogen) atoms. The van der Waals surface area contributed by atoms with Crippen molar-refractivity contribution in [3.63, 3.8) is 0 Å². The minimum atomic E-state index is -0.240. The van der Waals surface area contributed by atoms with Crippen LogP contribution in [-0.4, -0.2) is 39.3 Å². The molecule has 6 heteroatoms. The van der Waals surface area contributed by atoms with Crippen LogP contribution in [-0.2, 0) is 11.8 Å². The summed E-state index contributed by atoms with van der Waals surface area (Å²) in [6.45, 7) is 6.53. The predicted molar refractivity (Wildman–Crippen MR) is 88.1 cm³/mol. The fourth-order valence-corrected chi connectivity index (χ4v) is 2.17. The first-order valence-electron chi connectivity index (χ1n) is 7.75. The van der Waals surface area contributed by atoms with E-state index in [0.29, 0.717) is 18.7 Å². The van der Waals surface area contributed by atoms with Gasteiger partial charge in [0.15, 0.2) is 0 Å². The Labute approximate surface area is 136 Å². The average Bonchev–Trinajstić information content (AvgIpc) is 3.02. The first-order valence-corrected chi connectivity index (χ1v) is 7.75. The number of nitrogens with zero attached hydrogens (tertiary/aromatic N) is 2. The number of rotatable bonds is 6. The highest BCUT2D eigenvalue weighted by Crippen LogP contribution is 2.20. The number of aliphatic hydroxyl groups is 1. The number of amides is 1. The Bertz CT molecular complexity index is 632. The molecular weight excluding hydrogens is 292 g/mol. The largest absolute Gasteiger partial charge is 0.396 e. The van der Waals surface area contributed by atoms with Crippen molar-refractivity contribution in [2.75, 3.05) is 13.2 Å². The number of pyridine rings is 1. The Morgan fingerprint density at radius 3 is 2.74 bits per heavy atom. The molecule has 0 aromatic carbocycles. The molecule has 2 aromatic heterocycles. The van der Waals surface area contributed by atoms with E-state index < -0.39 is 0 Å². The number of aliphatic hydroxyl groups excluding tert-OH is 1. The van der Waals surface area contributed by atoms with Crippen molar-refractivity contribution in [3.8, 4) is 0 Å². The summed E-state index contributed by atoms with van der Waals surface area (Å²) in [4.78, 5) is 16.4. The second-order valence-corrected chi connectivity index (χ2v) is 6.70. The van der Waals surface area contributed by atoms with E-state index >= 15 is 0 Å². The molecule has 0 aliphatic rings. The van der Waals surface area contributed by atoms with Crippen molar-refractivity contribution >= 4 is 5.91 Å². The van der Waals surface area contributed by atoms with Gasteiger partial charge in [-0.2, -0.15) is 5.10 Å². The van der Waals surface area contributed by atoms with Crippen LogP contribution >= 0.6 is 0 Å². The lowest BCUT2D eigenvalue weighted by atomic mass is 9.92.